The Balaban J connectivity index is 3.44. The Morgan fingerprint density at radius 3 is 2.21 bits per heavy atom. The first-order valence-corrected chi connectivity index (χ1v) is 4.70. The lowest BCUT2D eigenvalue weighted by Crippen LogP contribution is -2.10. The van der Waals surface area contributed by atoms with Gasteiger partial charge in [-0.15, -0.1) is 0 Å². The Kier molecular flexibility index (Phi) is 3.06. The summed E-state index contributed by atoms with van der Waals surface area (Å²) in [5.41, 5.74) is 4.93. The number of aliphatic hydroxyl groups is 1. The van der Waals surface area contributed by atoms with E-state index in [4.69, 9.17) is 5.11 Å². The molecule has 1 aromatic carbocycles. The SMILES string of the molecule is Cc1cc(C)c(C(=O)CO)c(C)c1C. The number of Topliss-reactive ketones (excluding diaryl/α,β-unsaturated/α-hetero) is 1. The Morgan fingerprint density at radius 2 is 1.71 bits per heavy atom. The molecule has 0 unspecified atom stereocenters. The van der Waals surface area contributed by atoms with Crippen LogP contribution in [0.4, 0.5) is 0 Å². The molecule has 1 aromatic rings. The summed E-state index contributed by atoms with van der Waals surface area (Å²) < 4.78 is 0. The van der Waals surface area contributed by atoms with Gasteiger partial charge in [-0.1, -0.05) is 6.07 Å². The van der Waals surface area contributed by atoms with Gasteiger partial charge in [0.1, 0.15) is 6.61 Å². The van der Waals surface area contributed by atoms with Crippen LogP contribution in [0.2, 0.25) is 0 Å². The van der Waals surface area contributed by atoms with E-state index in [9.17, 15) is 4.79 Å². The molecule has 0 heterocycles. The maximum absolute atomic E-state index is 11.5. The molecule has 0 aliphatic carbocycles. The molecule has 14 heavy (non-hydrogen) atoms. The molecule has 2 nitrogen and oxygen atoms in total. The number of carbonyl (C=O) groups excluding carboxylic acids is 1. The van der Waals surface area contributed by atoms with E-state index in [1.807, 2.05) is 33.8 Å². The standard InChI is InChI=1S/C12H16O2/c1-7-5-8(2)12(11(14)6-13)10(4)9(7)3/h5,13H,6H2,1-4H3. The second-order valence-corrected chi connectivity index (χ2v) is 3.72. The van der Waals surface area contributed by atoms with Crippen LogP contribution in [0.3, 0.4) is 0 Å². The van der Waals surface area contributed by atoms with Gasteiger partial charge in [-0.25, -0.2) is 0 Å². The van der Waals surface area contributed by atoms with Gasteiger partial charge in [0.25, 0.3) is 0 Å². The van der Waals surface area contributed by atoms with Crippen molar-refractivity contribution in [2.75, 3.05) is 6.61 Å². The number of carbonyl (C=O) groups is 1. The summed E-state index contributed by atoms with van der Waals surface area (Å²) in [6.45, 7) is 7.45. The molecule has 0 radical (unpaired) electrons. The van der Waals surface area contributed by atoms with Crippen LogP contribution < -0.4 is 0 Å². The summed E-state index contributed by atoms with van der Waals surface area (Å²) in [7, 11) is 0. The second-order valence-electron chi connectivity index (χ2n) is 3.72. The predicted octanol–water partition coefficient (Wildman–Crippen LogP) is 2.10. The van der Waals surface area contributed by atoms with Crippen molar-refractivity contribution in [1.82, 2.24) is 0 Å². The Labute approximate surface area is 84.6 Å². The van der Waals surface area contributed by atoms with Gasteiger partial charge in [-0.2, -0.15) is 0 Å². The minimum absolute atomic E-state index is 0.192. The zero-order chi connectivity index (χ0) is 10.9. The molecular weight excluding hydrogens is 176 g/mol. The quantitative estimate of drug-likeness (QED) is 0.728. The van der Waals surface area contributed by atoms with Crippen molar-refractivity contribution < 1.29 is 9.90 Å². The highest BCUT2D eigenvalue weighted by atomic mass is 16.3. The topological polar surface area (TPSA) is 37.3 Å². The molecule has 0 saturated heterocycles. The first kappa shape index (κ1) is 10.9. The average Bonchev–Trinajstić information content (AvgIpc) is 2.14. The number of aliphatic hydroxyl groups excluding tert-OH is 1. The number of benzene rings is 1. The molecule has 0 fully saturated rings. The first-order valence-electron chi connectivity index (χ1n) is 4.70. The van der Waals surface area contributed by atoms with Crippen LogP contribution >= 0.6 is 0 Å². The van der Waals surface area contributed by atoms with Crippen LogP contribution in [0.1, 0.15) is 32.6 Å². The molecule has 0 bridgehead atoms. The Hall–Kier alpha value is -1.15. The smallest absolute Gasteiger partial charge is 0.188 e. The second kappa shape index (κ2) is 3.93. The highest BCUT2D eigenvalue weighted by Crippen LogP contribution is 2.21. The molecule has 0 amide bonds. The fourth-order valence-corrected chi connectivity index (χ4v) is 1.79. The molecule has 0 aliphatic rings. The minimum atomic E-state index is -0.413. The minimum Gasteiger partial charge on any atom is -0.388 e. The molecule has 0 aliphatic heterocycles. The van der Waals surface area contributed by atoms with E-state index >= 15 is 0 Å². The summed E-state index contributed by atoms with van der Waals surface area (Å²) in [5.74, 6) is -0.192. The predicted molar refractivity (Wildman–Crippen MR) is 56.8 cm³/mol. The summed E-state index contributed by atoms with van der Waals surface area (Å²) in [5, 5.41) is 8.85. The van der Waals surface area contributed by atoms with Crippen LogP contribution in [0.15, 0.2) is 6.07 Å². The summed E-state index contributed by atoms with van der Waals surface area (Å²) >= 11 is 0. The highest BCUT2D eigenvalue weighted by Gasteiger charge is 2.13. The van der Waals surface area contributed by atoms with Crippen LogP contribution in [-0.4, -0.2) is 17.5 Å². The van der Waals surface area contributed by atoms with E-state index in [2.05, 4.69) is 0 Å². The van der Waals surface area contributed by atoms with Gasteiger partial charge in [0.05, 0.1) is 0 Å². The van der Waals surface area contributed by atoms with Crippen LogP contribution in [0.25, 0.3) is 0 Å². The molecule has 0 spiro atoms. The van der Waals surface area contributed by atoms with E-state index in [1.54, 1.807) is 0 Å². The van der Waals surface area contributed by atoms with Crippen molar-refractivity contribution >= 4 is 5.78 Å². The van der Waals surface area contributed by atoms with Gasteiger partial charge in [-0.3, -0.25) is 4.79 Å². The third kappa shape index (κ3) is 1.70. The fourth-order valence-electron chi connectivity index (χ4n) is 1.79. The number of aryl methyl sites for hydroxylation is 2. The van der Waals surface area contributed by atoms with E-state index in [1.165, 1.54) is 5.56 Å². The first-order chi connectivity index (χ1) is 6.49. The maximum atomic E-state index is 11.5. The maximum Gasteiger partial charge on any atom is 0.188 e. The van der Waals surface area contributed by atoms with Crippen molar-refractivity contribution in [2.24, 2.45) is 0 Å². The number of hydrogen-bond donors (Lipinski definition) is 1. The summed E-state index contributed by atoms with van der Waals surface area (Å²) in [6, 6.07) is 1.99. The largest absolute Gasteiger partial charge is 0.388 e. The molecular formula is C12H16O2. The highest BCUT2D eigenvalue weighted by molar-refractivity contribution is 6.00. The molecule has 76 valence electrons. The van der Waals surface area contributed by atoms with E-state index in [-0.39, 0.29) is 5.78 Å². The van der Waals surface area contributed by atoms with Crippen molar-refractivity contribution in [3.8, 4) is 0 Å². The van der Waals surface area contributed by atoms with Crippen LogP contribution in [0, 0.1) is 27.7 Å². The van der Waals surface area contributed by atoms with Crippen LogP contribution in [-0.2, 0) is 0 Å². The van der Waals surface area contributed by atoms with Gasteiger partial charge in [0.15, 0.2) is 5.78 Å². The normalized spacial score (nSPS) is 10.4. The Morgan fingerprint density at radius 1 is 1.14 bits per heavy atom. The molecule has 0 saturated carbocycles. The molecule has 2 heteroatoms. The van der Waals surface area contributed by atoms with Crippen LogP contribution in [0.5, 0.6) is 0 Å². The molecule has 0 aromatic heterocycles. The van der Waals surface area contributed by atoms with Gasteiger partial charge in [-0.05, 0) is 49.9 Å². The lowest BCUT2D eigenvalue weighted by Gasteiger charge is -2.12. The zero-order valence-electron chi connectivity index (χ0n) is 9.14. The van der Waals surface area contributed by atoms with E-state index < -0.39 is 6.61 Å². The lowest BCUT2D eigenvalue weighted by molar-refractivity contribution is 0.0902. The van der Waals surface area contributed by atoms with Gasteiger partial charge in [0.2, 0.25) is 0 Å². The number of ketones is 1. The van der Waals surface area contributed by atoms with Crippen molar-refractivity contribution in [2.45, 2.75) is 27.7 Å². The van der Waals surface area contributed by atoms with Crippen molar-refractivity contribution in [3.63, 3.8) is 0 Å². The third-order valence-corrected chi connectivity index (χ3v) is 2.78. The zero-order valence-corrected chi connectivity index (χ0v) is 9.14. The molecule has 1 N–H and O–H groups in total. The molecule has 0 atom stereocenters. The Bertz CT molecular complexity index is 378. The van der Waals surface area contributed by atoms with Gasteiger partial charge < -0.3 is 5.11 Å². The molecule has 1 rings (SSSR count). The average molecular weight is 192 g/mol. The summed E-state index contributed by atoms with van der Waals surface area (Å²) in [6.07, 6.45) is 0. The van der Waals surface area contributed by atoms with Crippen molar-refractivity contribution in [1.29, 1.82) is 0 Å². The van der Waals surface area contributed by atoms with E-state index in [0.717, 1.165) is 16.7 Å². The fraction of sp³-hybridized carbons (Fsp3) is 0.417. The summed E-state index contributed by atoms with van der Waals surface area (Å²) in [4.78, 5) is 11.5. The third-order valence-electron chi connectivity index (χ3n) is 2.78. The number of hydrogen-bond acceptors (Lipinski definition) is 2. The van der Waals surface area contributed by atoms with Gasteiger partial charge in [0, 0.05) is 5.56 Å². The number of rotatable bonds is 2. The van der Waals surface area contributed by atoms with Gasteiger partial charge >= 0.3 is 0 Å². The van der Waals surface area contributed by atoms with E-state index in [0.29, 0.717) is 5.56 Å². The lowest BCUT2D eigenvalue weighted by atomic mass is 9.92. The monoisotopic (exact) mass is 192 g/mol. The van der Waals surface area contributed by atoms with Crippen molar-refractivity contribution in [3.05, 3.63) is 33.9 Å².